The normalized spacial score (nSPS) is 18.2. The number of nitrogens with zero attached hydrogens (tertiary/aromatic N) is 3. The number of rotatable bonds is 5. The molecule has 2 aromatic rings. The monoisotopic (exact) mass is 303 g/mol. The van der Waals surface area contributed by atoms with Crippen molar-refractivity contribution in [2.45, 2.75) is 12.6 Å². The number of fused-ring (bicyclic) bond motifs is 1. The summed E-state index contributed by atoms with van der Waals surface area (Å²) in [4.78, 5) is 2.22. The van der Waals surface area contributed by atoms with Crippen LogP contribution in [-0.4, -0.2) is 64.9 Å². The Hall–Kier alpha value is -1.89. The van der Waals surface area contributed by atoms with Crippen LogP contribution in [0, 0.1) is 0 Å². The number of benzene rings is 1. The summed E-state index contributed by atoms with van der Waals surface area (Å²) in [7, 11) is 0. The van der Waals surface area contributed by atoms with Gasteiger partial charge in [-0.3, -0.25) is 4.90 Å². The van der Waals surface area contributed by atoms with E-state index in [1.807, 2.05) is 35.0 Å². The van der Waals surface area contributed by atoms with Crippen LogP contribution < -0.4 is 0 Å². The molecule has 2 N–H and O–H groups in total. The second kappa shape index (κ2) is 6.91. The average Bonchev–Trinajstić information content (AvgIpc) is 2.87. The number of aliphatic hydroxyl groups excluding tert-OH is 1. The van der Waals surface area contributed by atoms with Crippen molar-refractivity contribution in [2.24, 2.45) is 5.16 Å². The molecule has 1 aliphatic heterocycles. The van der Waals surface area contributed by atoms with E-state index in [0.29, 0.717) is 13.1 Å². The first kappa shape index (κ1) is 15.0. The SMILES string of the molecule is O/N=C\c1cn(C[C@H](O)CN2CCOCC2)c2ccccc12. The van der Waals surface area contributed by atoms with Crippen molar-refractivity contribution < 1.29 is 15.1 Å². The van der Waals surface area contributed by atoms with E-state index in [1.54, 1.807) is 0 Å². The van der Waals surface area contributed by atoms with Gasteiger partial charge < -0.3 is 19.6 Å². The molecule has 2 heterocycles. The van der Waals surface area contributed by atoms with E-state index in [4.69, 9.17) is 9.94 Å². The van der Waals surface area contributed by atoms with E-state index in [9.17, 15) is 5.11 Å². The van der Waals surface area contributed by atoms with Gasteiger partial charge >= 0.3 is 0 Å². The molecule has 0 bridgehead atoms. The highest BCUT2D eigenvalue weighted by atomic mass is 16.5. The minimum Gasteiger partial charge on any atom is -0.411 e. The summed E-state index contributed by atoms with van der Waals surface area (Å²) in [6.45, 7) is 4.35. The Morgan fingerprint density at radius 2 is 2.00 bits per heavy atom. The fraction of sp³-hybridized carbons (Fsp3) is 0.438. The maximum Gasteiger partial charge on any atom is 0.0845 e. The lowest BCUT2D eigenvalue weighted by molar-refractivity contribution is 0.0117. The van der Waals surface area contributed by atoms with Gasteiger partial charge in [-0.05, 0) is 6.07 Å². The maximum atomic E-state index is 10.4. The van der Waals surface area contributed by atoms with Crippen LogP contribution in [0.2, 0.25) is 0 Å². The van der Waals surface area contributed by atoms with Crippen LogP contribution in [0.5, 0.6) is 0 Å². The first-order chi connectivity index (χ1) is 10.8. The molecule has 0 amide bonds. The van der Waals surface area contributed by atoms with E-state index < -0.39 is 6.10 Å². The number of ether oxygens (including phenoxy) is 1. The Labute approximate surface area is 129 Å². The van der Waals surface area contributed by atoms with Crippen molar-refractivity contribution in [3.05, 3.63) is 36.0 Å². The summed E-state index contributed by atoms with van der Waals surface area (Å²) in [5.41, 5.74) is 1.87. The fourth-order valence-electron chi connectivity index (χ4n) is 2.96. The summed E-state index contributed by atoms with van der Waals surface area (Å²) < 4.78 is 7.33. The smallest absolute Gasteiger partial charge is 0.0845 e. The molecule has 0 unspecified atom stereocenters. The van der Waals surface area contributed by atoms with Gasteiger partial charge in [-0.15, -0.1) is 0 Å². The molecule has 22 heavy (non-hydrogen) atoms. The number of hydrogen-bond donors (Lipinski definition) is 2. The summed E-state index contributed by atoms with van der Waals surface area (Å²) in [5, 5.41) is 23.3. The third kappa shape index (κ3) is 3.30. The fourth-order valence-corrected chi connectivity index (χ4v) is 2.96. The third-order valence-corrected chi connectivity index (χ3v) is 4.00. The third-order valence-electron chi connectivity index (χ3n) is 4.00. The predicted molar refractivity (Wildman–Crippen MR) is 84.6 cm³/mol. The van der Waals surface area contributed by atoms with Crippen molar-refractivity contribution in [1.82, 2.24) is 9.47 Å². The lowest BCUT2D eigenvalue weighted by Gasteiger charge is -2.28. The van der Waals surface area contributed by atoms with Crippen LogP contribution in [0.15, 0.2) is 35.6 Å². The van der Waals surface area contributed by atoms with E-state index in [0.717, 1.165) is 42.8 Å². The summed E-state index contributed by atoms with van der Waals surface area (Å²) in [6, 6.07) is 7.90. The summed E-state index contributed by atoms with van der Waals surface area (Å²) in [5.74, 6) is 0. The maximum absolute atomic E-state index is 10.4. The Balaban J connectivity index is 1.75. The van der Waals surface area contributed by atoms with Crippen molar-refractivity contribution in [3.63, 3.8) is 0 Å². The first-order valence-electron chi connectivity index (χ1n) is 7.51. The average molecular weight is 303 g/mol. The molecule has 3 rings (SSSR count). The standard InChI is InChI=1S/C16H21N3O3/c20-14(11-18-5-7-22-8-6-18)12-19-10-13(9-17-21)15-3-1-2-4-16(15)19/h1-4,9-10,14,20-21H,5-8,11-12H2/b17-9-/t14-/m1/s1. The van der Waals surface area contributed by atoms with Gasteiger partial charge in [-0.25, -0.2) is 0 Å². The van der Waals surface area contributed by atoms with Gasteiger partial charge in [0.2, 0.25) is 0 Å². The lowest BCUT2D eigenvalue weighted by Crippen LogP contribution is -2.41. The molecule has 0 radical (unpaired) electrons. The number of oxime groups is 1. The first-order valence-corrected chi connectivity index (χ1v) is 7.51. The van der Waals surface area contributed by atoms with Gasteiger partial charge in [-0.1, -0.05) is 23.4 Å². The molecule has 1 aromatic heterocycles. The summed E-state index contributed by atoms with van der Waals surface area (Å²) >= 11 is 0. The zero-order valence-electron chi connectivity index (χ0n) is 12.4. The highest BCUT2D eigenvalue weighted by molar-refractivity contribution is 5.99. The largest absolute Gasteiger partial charge is 0.411 e. The van der Waals surface area contributed by atoms with Crippen molar-refractivity contribution in [1.29, 1.82) is 0 Å². The van der Waals surface area contributed by atoms with Crippen LogP contribution in [0.4, 0.5) is 0 Å². The quantitative estimate of drug-likeness (QED) is 0.494. The highest BCUT2D eigenvalue weighted by Crippen LogP contribution is 2.20. The van der Waals surface area contributed by atoms with Gasteiger partial charge in [0.05, 0.1) is 25.5 Å². The molecule has 0 saturated carbocycles. The molecule has 1 atom stereocenters. The molecular formula is C16H21N3O3. The van der Waals surface area contributed by atoms with Crippen LogP contribution in [-0.2, 0) is 11.3 Å². The molecule has 1 fully saturated rings. The molecule has 0 aliphatic carbocycles. The number of hydrogen-bond acceptors (Lipinski definition) is 5. The Bertz CT molecular complexity index is 647. The number of aliphatic hydroxyl groups is 1. The van der Waals surface area contributed by atoms with Crippen LogP contribution in [0.3, 0.4) is 0 Å². The minimum atomic E-state index is -0.451. The second-order valence-electron chi connectivity index (χ2n) is 5.57. The van der Waals surface area contributed by atoms with Crippen LogP contribution >= 0.6 is 0 Å². The Kier molecular flexibility index (Phi) is 4.72. The Morgan fingerprint density at radius 1 is 1.23 bits per heavy atom. The number of para-hydroxylation sites is 1. The molecular weight excluding hydrogens is 282 g/mol. The number of β-amino-alcohol motifs (C(OH)–C–C–N with tert-alkyl or cyclic N) is 1. The van der Waals surface area contributed by atoms with Gasteiger partial charge in [-0.2, -0.15) is 0 Å². The van der Waals surface area contributed by atoms with Crippen molar-refractivity contribution in [3.8, 4) is 0 Å². The number of morpholine rings is 1. The molecule has 6 nitrogen and oxygen atoms in total. The minimum absolute atomic E-state index is 0.451. The second-order valence-corrected chi connectivity index (χ2v) is 5.57. The van der Waals surface area contributed by atoms with E-state index in [1.165, 1.54) is 6.21 Å². The molecule has 1 saturated heterocycles. The topological polar surface area (TPSA) is 70.2 Å². The summed E-state index contributed by atoms with van der Waals surface area (Å²) in [6.07, 6.45) is 2.88. The van der Waals surface area contributed by atoms with Gasteiger partial charge in [0, 0.05) is 48.8 Å². The highest BCUT2D eigenvalue weighted by Gasteiger charge is 2.16. The molecule has 1 aliphatic rings. The van der Waals surface area contributed by atoms with Gasteiger partial charge in [0.15, 0.2) is 0 Å². The van der Waals surface area contributed by atoms with Gasteiger partial charge in [0.1, 0.15) is 0 Å². The zero-order chi connectivity index (χ0) is 15.4. The van der Waals surface area contributed by atoms with Crippen LogP contribution in [0.1, 0.15) is 5.56 Å². The lowest BCUT2D eigenvalue weighted by atomic mass is 10.2. The van der Waals surface area contributed by atoms with Crippen LogP contribution in [0.25, 0.3) is 10.9 Å². The molecule has 6 heteroatoms. The van der Waals surface area contributed by atoms with Crippen molar-refractivity contribution in [2.75, 3.05) is 32.8 Å². The molecule has 118 valence electrons. The molecule has 0 spiro atoms. The predicted octanol–water partition coefficient (Wildman–Crippen LogP) is 1.14. The van der Waals surface area contributed by atoms with Crippen molar-refractivity contribution >= 4 is 17.1 Å². The van der Waals surface area contributed by atoms with E-state index in [-0.39, 0.29) is 0 Å². The Morgan fingerprint density at radius 3 is 2.77 bits per heavy atom. The van der Waals surface area contributed by atoms with E-state index in [2.05, 4.69) is 10.1 Å². The van der Waals surface area contributed by atoms with Gasteiger partial charge in [0.25, 0.3) is 0 Å². The van der Waals surface area contributed by atoms with E-state index >= 15 is 0 Å². The molecule has 1 aromatic carbocycles. The zero-order valence-corrected chi connectivity index (χ0v) is 12.4. The number of aromatic nitrogens is 1.